The van der Waals surface area contributed by atoms with Crippen molar-refractivity contribution in [2.24, 2.45) is 5.73 Å². The van der Waals surface area contributed by atoms with Gasteiger partial charge >= 0.3 is 0 Å². The van der Waals surface area contributed by atoms with Crippen LogP contribution in [0.15, 0.2) is 10.7 Å². The number of pyridine rings is 1. The fraction of sp³-hybridized carbons (Fsp3) is 0.286. The van der Waals surface area contributed by atoms with E-state index in [0.29, 0.717) is 0 Å². The van der Waals surface area contributed by atoms with Crippen LogP contribution in [0.5, 0.6) is 0 Å². The summed E-state index contributed by atoms with van der Waals surface area (Å²) in [6.45, 7) is -0.0506. The van der Waals surface area contributed by atoms with E-state index in [2.05, 4.69) is 20.9 Å². The van der Waals surface area contributed by atoms with E-state index in [1.165, 1.54) is 6.20 Å². The summed E-state index contributed by atoms with van der Waals surface area (Å²) in [6.07, 6.45) is -1.36. The minimum Gasteiger partial charge on any atom is -0.326 e. The van der Waals surface area contributed by atoms with Gasteiger partial charge in [-0.05, 0) is 15.9 Å². The molecular formula is C7H6BrClF2N2. The molecule has 0 saturated carbocycles. The van der Waals surface area contributed by atoms with Gasteiger partial charge in [-0.1, -0.05) is 11.6 Å². The molecule has 0 fully saturated rings. The Labute approximate surface area is 87.2 Å². The van der Waals surface area contributed by atoms with Crippen LogP contribution in [0.3, 0.4) is 0 Å². The van der Waals surface area contributed by atoms with Crippen LogP contribution in [-0.4, -0.2) is 4.98 Å². The van der Waals surface area contributed by atoms with Crippen LogP contribution in [0.2, 0.25) is 5.15 Å². The topological polar surface area (TPSA) is 38.9 Å². The van der Waals surface area contributed by atoms with Crippen molar-refractivity contribution in [1.29, 1.82) is 0 Å². The second kappa shape index (κ2) is 4.30. The third kappa shape index (κ3) is 2.15. The van der Waals surface area contributed by atoms with E-state index in [1.54, 1.807) is 0 Å². The Balaban J connectivity index is 3.35. The minimum atomic E-state index is -2.60. The van der Waals surface area contributed by atoms with Crippen LogP contribution < -0.4 is 5.73 Å². The van der Waals surface area contributed by atoms with Gasteiger partial charge in [0.15, 0.2) is 0 Å². The molecule has 0 atom stereocenters. The van der Waals surface area contributed by atoms with Gasteiger partial charge in [0.25, 0.3) is 6.43 Å². The van der Waals surface area contributed by atoms with Gasteiger partial charge in [0.05, 0.1) is 0 Å². The molecule has 1 aromatic heterocycles. The van der Waals surface area contributed by atoms with Crippen LogP contribution in [0.1, 0.15) is 17.6 Å². The molecule has 2 nitrogen and oxygen atoms in total. The molecule has 1 heterocycles. The number of nitrogens with two attached hydrogens (primary N) is 1. The summed E-state index contributed by atoms with van der Waals surface area (Å²) < 4.78 is 25.2. The predicted molar refractivity (Wildman–Crippen MR) is 49.8 cm³/mol. The molecule has 72 valence electrons. The first kappa shape index (κ1) is 10.8. The summed E-state index contributed by atoms with van der Waals surface area (Å²) in [7, 11) is 0. The molecule has 0 amide bonds. The molecule has 1 aromatic rings. The van der Waals surface area contributed by atoms with Gasteiger partial charge in [0.1, 0.15) is 5.15 Å². The summed E-state index contributed by atoms with van der Waals surface area (Å²) in [4.78, 5) is 3.70. The van der Waals surface area contributed by atoms with Gasteiger partial charge in [0, 0.05) is 28.3 Å². The molecule has 1 rings (SSSR count). The second-order valence-corrected chi connectivity index (χ2v) is 3.51. The summed E-state index contributed by atoms with van der Waals surface area (Å²) in [5.74, 6) is 0. The summed E-state index contributed by atoms with van der Waals surface area (Å²) in [6, 6.07) is 0. The van der Waals surface area contributed by atoms with Crippen molar-refractivity contribution in [1.82, 2.24) is 4.98 Å². The molecule has 0 aliphatic rings. The lowest BCUT2D eigenvalue weighted by Crippen LogP contribution is -2.05. The molecule has 0 aromatic carbocycles. The smallest absolute Gasteiger partial charge is 0.265 e. The SMILES string of the molecule is NCc1c(Cl)ncc(Br)c1C(F)F. The molecule has 0 spiro atoms. The van der Waals surface area contributed by atoms with Crippen LogP contribution in [0.25, 0.3) is 0 Å². The standard InChI is InChI=1S/C7H6BrClF2N2/c8-4-2-13-6(9)3(1-12)5(4)7(10)11/h2,7H,1,12H2. The molecule has 0 aliphatic heterocycles. The lowest BCUT2D eigenvalue weighted by atomic mass is 10.1. The molecule has 6 heteroatoms. The maximum absolute atomic E-state index is 12.5. The average molecular weight is 271 g/mol. The summed E-state index contributed by atoms with van der Waals surface area (Å²) in [5.41, 5.74) is 5.29. The Bertz CT molecular complexity index is 320. The highest BCUT2D eigenvalue weighted by Gasteiger charge is 2.18. The Hall–Kier alpha value is -0.260. The highest BCUT2D eigenvalue weighted by Crippen LogP contribution is 2.32. The largest absolute Gasteiger partial charge is 0.326 e. The zero-order chi connectivity index (χ0) is 10.0. The van der Waals surface area contributed by atoms with E-state index in [0.717, 1.165) is 0 Å². The fourth-order valence-electron chi connectivity index (χ4n) is 0.946. The first-order chi connectivity index (χ1) is 6.07. The monoisotopic (exact) mass is 270 g/mol. The maximum Gasteiger partial charge on any atom is 0.265 e. The van der Waals surface area contributed by atoms with Crippen molar-refractivity contribution in [3.8, 4) is 0 Å². The first-order valence-corrected chi connectivity index (χ1v) is 4.56. The molecule has 0 aliphatic carbocycles. The molecule has 0 radical (unpaired) electrons. The molecule has 2 N–H and O–H groups in total. The number of nitrogens with zero attached hydrogens (tertiary/aromatic N) is 1. The molecule has 13 heavy (non-hydrogen) atoms. The van der Waals surface area contributed by atoms with Crippen LogP contribution in [0, 0.1) is 0 Å². The third-order valence-corrected chi connectivity index (χ3v) is 2.50. The first-order valence-electron chi connectivity index (χ1n) is 3.39. The normalized spacial score (nSPS) is 10.9. The van der Waals surface area contributed by atoms with Gasteiger partial charge in [-0.3, -0.25) is 0 Å². The van der Waals surface area contributed by atoms with E-state index in [1.807, 2.05) is 0 Å². The van der Waals surface area contributed by atoms with E-state index in [4.69, 9.17) is 17.3 Å². The average Bonchev–Trinajstić information content (AvgIpc) is 2.07. The highest BCUT2D eigenvalue weighted by atomic mass is 79.9. The van der Waals surface area contributed by atoms with E-state index in [-0.39, 0.29) is 27.3 Å². The van der Waals surface area contributed by atoms with Gasteiger partial charge in [0.2, 0.25) is 0 Å². The van der Waals surface area contributed by atoms with Crippen molar-refractivity contribution in [3.63, 3.8) is 0 Å². The van der Waals surface area contributed by atoms with Gasteiger partial charge in [-0.25, -0.2) is 13.8 Å². The predicted octanol–water partition coefficient (Wildman–Crippen LogP) is 2.89. The maximum atomic E-state index is 12.5. The van der Waals surface area contributed by atoms with Crippen molar-refractivity contribution in [2.75, 3.05) is 0 Å². The summed E-state index contributed by atoms with van der Waals surface area (Å²) >= 11 is 8.57. The van der Waals surface area contributed by atoms with Crippen LogP contribution in [-0.2, 0) is 6.54 Å². The Morgan fingerprint density at radius 2 is 2.23 bits per heavy atom. The highest BCUT2D eigenvalue weighted by molar-refractivity contribution is 9.10. The zero-order valence-corrected chi connectivity index (χ0v) is 8.74. The number of halogens is 4. The molecule has 0 saturated heterocycles. The van der Waals surface area contributed by atoms with Gasteiger partial charge in [-0.2, -0.15) is 0 Å². The van der Waals surface area contributed by atoms with Crippen molar-refractivity contribution in [2.45, 2.75) is 13.0 Å². The van der Waals surface area contributed by atoms with E-state index >= 15 is 0 Å². The van der Waals surface area contributed by atoms with Crippen molar-refractivity contribution in [3.05, 3.63) is 26.9 Å². The Kier molecular flexibility index (Phi) is 3.58. The molecular weight excluding hydrogens is 265 g/mol. The number of hydrogen-bond donors (Lipinski definition) is 1. The van der Waals surface area contributed by atoms with Crippen molar-refractivity contribution >= 4 is 27.5 Å². The van der Waals surface area contributed by atoms with Crippen molar-refractivity contribution < 1.29 is 8.78 Å². The summed E-state index contributed by atoms with van der Waals surface area (Å²) in [5, 5.41) is 0.0287. The number of aromatic nitrogens is 1. The number of rotatable bonds is 2. The Morgan fingerprint density at radius 1 is 1.62 bits per heavy atom. The number of hydrogen-bond acceptors (Lipinski definition) is 2. The molecule has 0 bridgehead atoms. The van der Waals surface area contributed by atoms with E-state index in [9.17, 15) is 8.78 Å². The van der Waals surface area contributed by atoms with Crippen LogP contribution >= 0.6 is 27.5 Å². The fourth-order valence-corrected chi connectivity index (χ4v) is 1.69. The second-order valence-electron chi connectivity index (χ2n) is 2.29. The van der Waals surface area contributed by atoms with Gasteiger partial charge in [-0.15, -0.1) is 0 Å². The van der Waals surface area contributed by atoms with Gasteiger partial charge < -0.3 is 5.73 Å². The zero-order valence-electron chi connectivity index (χ0n) is 6.40. The number of alkyl halides is 2. The lowest BCUT2D eigenvalue weighted by molar-refractivity contribution is 0.149. The Morgan fingerprint density at radius 3 is 2.62 bits per heavy atom. The minimum absolute atomic E-state index is 0.0287. The van der Waals surface area contributed by atoms with Crippen LogP contribution in [0.4, 0.5) is 8.78 Å². The lowest BCUT2D eigenvalue weighted by Gasteiger charge is -2.09. The van der Waals surface area contributed by atoms with E-state index < -0.39 is 6.43 Å². The third-order valence-electron chi connectivity index (χ3n) is 1.55. The quantitative estimate of drug-likeness (QED) is 0.840. The molecule has 0 unspecified atom stereocenters.